The first-order valence-corrected chi connectivity index (χ1v) is 11.1. The van der Waals surface area contributed by atoms with Crippen molar-refractivity contribution in [2.45, 2.75) is 84.0 Å². The summed E-state index contributed by atoms with van der Waals surface area (Å²) in [6.45, 7) is 7.45. The molecule has 1 fully saturated rings. The Morgan fingerprint density at radius 1 is 1.06 bits per heavy atom. The molecule has 0 aromatic rings. The van der Waals surface area contributed by atoms with Crippen molar-refractivity contribution in [1.82, 2.24) is 15.5 Å². The Morgan fingerprint density at radius 2 is 1.66 bits per heavy atom. The van der Waals surface area contributed by atoms with Crippen molar-refractivity contribution in [3.05, 3.63) is 0 Å². The van der Waals surface area contributed by atoms with Gasteiger partial charge >= 0.3 is 5.97 Å². The van der Waals surface area contributed by atoms with E-state index in [9.17, 15) is 29.1 Å². The molecule has 1 rings (SSSR count). The summed E-state index contributed by atoms with van der Waals surface area (Å²) in [4.78, 5) is 62.9. The number of carbonyl (C=O) groups excluding carboxylic acids is 4. The van der Waals surface area contributed by atoms with E-state index in [0.717, 1.165) is 0 Å². The number of aliphatic carboxylic acids is 1. The van der Waals surface area contributed by atoms with Crippen LogP contribution in [-0.2, 0) is 24.0 Å². The molecule has 0 radical (unpaired) electrons. The summed E-state index contributed by atoms with van der Waals surface area (Å²) in [6, 6.07) is -4.11. The Bertz CT molecular complexity index is 715. The Labute approximate surface area is 188 Å². The summed E-state index contributed by atoms with van der Waals surface area (Å²) in [7, 11) is 0. The van der Waals surface area contributed by atoms with Crippen molar-refractivity contribution in [3.63, 3.8) is 0 Å². The Hall–Kier alpha value is -2.69. The number of hydrogen-bond donors (Lipinski definition) is 5. The van der Waals surface area contributed by atoms with Crippen molar-refractivity contribution in [2.75, 3.05) is 6.54 Å². The molecule has 0 aromatic carbocycles. The van der Waals surface area contributed by atoms with Gasteiger partial charge in [-0.05, 0) is 24.7 Å². The lowest BCUT2D eigenvalue weighted by Gasteiger charge is -2.30. The SMILES string of the molecule is CCC(C)C(N)C(=O)NC(CC(N)=O)C(=O)N1CCCC1C(=O)NC(C(=O)O)C(C)CC. The lowest BCUT2D eigenvalue weighted by Crippen LogP contribution is -2.58. The molecule has 0 bridgehead atoms. The molecule has 6 atom stereocenters. The van der Waals surface area contributed by atoms with Gasteiger partial charge in [-0.2, -0.15) is 0 Å². The van der Waals surface area contributed by atoms with Crippen molar-refractivity contribution < 1.29 is 29.1 Å². The highest BCUT2D eigenvalue weighted by molar-refractivity contribution is 5.96. The van der Waals surface area contributed by atoms with E-state index in [1.165, 1.54) is 4.90 Å². The van der Waals surface area contributed by atoms with Crippen LogP contribution >= 0.6 is 0 Å². The number of nitrogens with one attached hydrogen (secondary N) is 2. The third kappa shape index (κ3) is 7.18. The van der Waals surface area contributed by atoms with Gasteiger partial charge in [0.05, 0.1) is 12.5 Å². The van der Waals surface area contributed by atoms with Crippen molar-refractivity contribution in [1.29, 1.82) is 0 Å². The number of carboxylic acids is 1. The monoisotopic (exact) mass is 455 g/mol. The third-order valence-corrected chi connectivity index (χ3v) is 6.19. The zero-order valence-electron chi connectivity index (χ0n) is 19.3. The van der Waals surface area contributed by atoms with Gasteiger partial charge in [0.25, 0.3) is 0 Å². The molecule has 32 heavy (non-hydrogen) atoms. The average Bonchev–Trinajstić information content (AvgIpc) is 3.23. The zero-order valence-corrected chi connectivity index (χ0v) is 19.3. The molecular weight excluding hydrogens is 418 g/mol. The Kier molecular flexibility index (Phi) is 10.6. The predicted molar refractivity (Wildman–Crippen MR) is 117 cm³/mol. The van der Waals surface area contributed by atoms with Crippen LogP contribution in [0.3, 0.4) is 0 Å². The summed E-state index contributed by atoms with van der Waals surface area (Å²) in [5.74, 6) is -4.17. The Balaban J connectivity index is 3.00. The maximum atomic E-state index is 13.2. The number of likely N-dealkylation sites (tertiary alicyclic amines) is 1. The van der Waals surface area contributed by atoms with Crippen LogP contribution < -0.4 is 22.1 Å². The Morgan fingerprint density at radius 3 is 2.16 bits per heavy atom. The predicted octanol–water partition coefficient (Wildman–Crippen LogP) is -0.673. The number of primary amides is 1. The molecule has 11 heteroatoms. The first-order valence-electron chi connectivity index (χ1n) is 11.1. The number of carbonyl (C=O) groups is 5. The largest absolute Gasteiger partial charge is 0.480 e. The van der Waals surface area contributed by atoms with E-state index >= 15 is 0 Å². The van der Waals surface area contributed by atoms with E-state index in [-0.39, 0.29) is 18.4 Å². The van der Waals surface area contributed by atoms with Gasteiger partial charge in [0.1, 0.15) is 18.1 Å². The van der Waals surface area contributed by atoms with Crippen LogP contribution in [0.15, 0.2) is 0 Å². The van der Waals surface area contributed by atoms with Gasteiger partial charge in [-0.3, -0.25) is 19.2 Å². The van der Waals surface area contributed by atoms with Crippen LogP contribution in [-0.4, -0.2) is 70.3 Å². The van der Waals surface area contributed by atoms with E-state index in [0.29, 0.717) is 25.7 Å². The number of rotatable bonds is 12. The van der Waals surface area contributed by atoms with Gasteiger partial charge in [-0.25, -0.2) is 4.79 Å². The van der Waals surface area contributed by atoms with Crippen LogP contribution in [0.1, 0.15) is 59.8 Å². The van der Waals surface area contributed by atoms with Crippen LogP contribution in [0.5, 0.6) is 0 Å². The maximum absolute atomic E-state index is 13.2. The molecule has 11 nitrogen and oxygen atoms in total. The minimum atomic E-state index is -1.26. The summed E-state index contributed by atoms with van der Waals surface area (Å²) in [6.07, 6.45) is 1.63. The molecule has 0 spiro atoms. The molecule has 0 aliphatic carbocycles. The van der Waals surface area contributed by atoms with Crippen LogP contribution in [0.2, 0.25) is 0 Å². The van der Waals surface area contributed by atoms with Gasteiger partial charge in [0.15, 0.2) is 0 Å². The smallest absolute Gasteiger partial charge is 0.326 e. The van der Waals surface area contributed by atoms with Crippen molar-refractivity contribution >= 4 is 29.6 Å². The summed E-state index contributed by atoms with van der Waals surface area (Å²) < 4.78 is 0. The molecule has 182 valence electrons. The minimum Gasteiger partial charge on any atom is -0.480 e. The first-order chi connectivity index (χ1) is 14.9. The number of carboxylic acid groups (broad SMARTS) is 1. The van der Waals surface area contributed by atoms with Gasteiger partial charge in [0, 0.05) is 6.54 Å². The second-order valence-corrected chi connectivity index (χ2v) is 8.54. The van der Waals surface area contributed by atoms with Crippen molar-refractivity contribution in [3.8, 4) is 0 Å². The molecule has 1 aliphatic rings. The molecule has 0 saturated carbocycles. The second-order valence-electron chi connectivity index (χ2n) is 8.54. The number of nitrogens with two attached hydrogens (primary N) is 2. The second kappa shape index (κ2) is 12.4. The molecule has 0 aromatic heterocycles. The maximum Gasteiger partial charge on any atom is 0.326 e. The van der Waals surface area contributed by atoms with Gasteiger partial charge in [0.2, 0.25) is 23.6 Å². The number of hydrogen-bond acceptors (Lipinski definition) is 6. The molecular formula is C21H37N5O6. The van der Waals surface area contributed by atoms with Crippen LogP contribution in [0.4, 0.5) is 0 Å². The van der Waals surface area contributed by atoms with Crippen molar-refractivity contribution in [2.24, 2.45) is 23.3 Å². The first kappa shape index (κ1) is 27.3. The van der Waals surface area contributed by atoms with Gasteiger partial charge in [-0.1, -0.05) is 40.5 Å². The fourth-order valence-electron chi connectivity index (χ4n) is 3.62. The molecule has 1 heterocycles. The minimum absolute atomic E-state index is 0.141. The third-order valence-electron chi connectivity index (χ3n) is 6.19. The molecule has 1 aliphatic heterocycles. The number of nitrogens with zero attached hydrogens (tertiary/aromatic N) is 1. The topological polar surface area (TPSA) is 185 Å². The molecule has 4 amide bonds. The normalized spacial score (nSPS) is 20.5. The zero-order chi connectivity index (χ0) is 24.6. The summed E-state index contributed by atoms with van der Waals surface area (Å²) in [5, 5.41) is 14.5. The van der Waals surface area contributed by atoms with E-state index in [4.69, 9.17) is 11.5 Å². The molecule has 7 N–H and O–H groups in total. The average molecular weight is 456 g/mol. The fourth-order valence-corrected chi connectivity index (χ4v) is 3.62. The fraction of sp³-hybridized carbons (Fsp3) is 0.762. The quantitative estimate of drug-likeness (QED) is 0.258. The van der Waals surface area contributed by atoms with Crippen LogP contribution in [0.25, 0.3) is 0 Å². The number of amides is 4. The standard InChI is InChI=1S/C21H37N5O6/c1-5-11(3)16(23)19(29)24-13(10-15(22)27)20(30)26-9-7-8-14(26)18(28)25-17(21(31)32)12(4)6-2/h11-14,16-17H,5-10,23H2,1-4H3,(H2,22,27)(H,24,29)(H,25,28)(H,31,32). The van der Waals surface area contributed by atoms with E-state index < -0.39 is 60.2 Å². The lowest BCUT2D eigenvalue weighted by atomic mass is 9.98. The van der Waals surface area contributed by atoms with Gasteiger partial charge < -0.3 is 32.1 Å². The van der Waals surface area contributed by atoms with E-state index in [1.807, 2.05) is 13.8 Å². The van der Waals surface area contributed by atoms with E-state index in [2.05, 4.69) is 10.6 Å². The summed E-state index contributed by atoms with van der Waals surface area (Å²) >= 11 is 0. The van der Waals surface area contributed by atoms with Crippen LogP contribution in [0, 0.1) is 11.8 Å². The molecule has 6 unspecified atom stereocenters. The van der Waals surface area contributed by atoms with E-state index in [1.54, 1.807) is 13.8 Å². The highest BCUT2D eigenvalue weighted by Crippen LogP contribution is 2.20. The summed E-state index contributed by atoms with van der Waals surface area (Å²) in [5.41, 5.74) is 11.2. The van der Waals surface area contributed by atoms with Gasteiger partial charge in [-0.15, -0.1) is 0 Å². The highest BCUT2D eigenvalue weighted by atomic mass is 16.4. The lowest BCUT2D eigenvalue weighted by molar-refractivity contribution is -0.146. The highest BCUT2D eigenvalue weighted by Gasteiger charge is 2.40. The molecule has 1 saturated heterocycles.